The summed E-state index contributed by atoms with van der Waals surface area (Å²) in [6.07, 6.45) is 5.13. The molecule has 20 heavy (non-hydrogen) atoms. The van der Waals surface area contributed by atoms with E-state index in [0.717, 1.165) is 31.7 Å². The van der Waals surface area contributed by atoms with Gasteiger partial charge < -0.3 is 5.32 Å². The summed E-state index contributed by atoms with van der Waals surface area (Å²) >= 11 is 0. The summed E-state index contributed by atoms with van der Waals surface area (Å²) < 4.78 is 4.04. The molecule has 0 aliphatic carbocycles. The highest BCUT2D eigenvalue weighted by Crippen LogP contribution is 2.10. The van der Waals surface area contributed by atoms with Crippen LogP contribution in [0.15, 0.2) is 18.5 Å². The average molecular weight is 275 g/mol. The van der Waals surface area contributed by atoms with Crippen LogP contribution < -0.4 is 5.32 Å². The van der Waals surface area contributed by atoms with E-state index in [1.165, 1.54) is 11.3 Å². The SMILES string of the molecule is CCn1cc(C(C)NCCCn2nc(C)cc2C)cn1. The molecule has 2 rings (SSSR count). The summed E-state index contributed by atoms with van der Waals surface area (Å²) in [7, 11) is 0. The van der Waals surface area contributed by atoms with Crippen molar-refractivity contribution in [2.75, 3.05) is 6.54 Å². The van der Waals surface area contributed by atoms with Gasteiger partial charge in [0.1, 0.15) is 0 Å². The molecule has 0 aliphatic heterocycles. The van der Waals surface area contributed by atoms with Gasteiger partial charge in [0.2, 0.25) is 0 Å². The van der Waals surface area contributed by atoms with E-state index in [2.05, 4.69) is 53.2 Å². The molecule has 0 bridgehead atoms. The second kappa shape index (κ2) is 6.70. The first-order valence-electron chi connectivity index (χ1n) is 7.37. The Hall–Kier alpha value is -1.62. The smallest absolute Gasteiger partial charge is 0.0596 e. The molecular formula is C15H25N5. The summed E-state index contributed by atoms with van der Waals surface area (Å²) in [6.45, 7) is 11.3. The van der Waals surface area contributed by atoms with E-state index in [4.69, 9.17) is 0 Å². The van der Waals surface area contributed by atoms with E-state index in [1.807, 2.05) is 17.8 Å². The van der Waals surface area contributed by atoms with Crippen LogP contribution in [0.1, 0.15) is 43.3 Å². The van der Waals surface area contributed by atoms with Crippen molar-refractivity contribution in [1.82, 2.24) is 24.9 Å². The molecule has 2 heterocycles. The van der Waals surface area contributed by atoms with Crippen LogP contribution >= 0.6 is 0 Å². The van der Waals surface area contributed by atoms with Gasteiger partial charge in [-0.2, -0.15) is 10.2 Å². The Balaban J connectivity index is 1.74. The highest BCUT2D eigenvalue weighted by molar-refractivity contribution is 5.09. The number of rotatable bonds is 7. The second-order valence-corrected chi connectivity index (χ2v) is 5.31. The Bertz CT molecular complexity index is 540. The van der Waals surface area contributed by atoms with Crippen LogP contribution in [0.2, 0.25) is 0 Å². The molecule has 2 aromatic rings. The van der Waals surface area contributed by atoms with E-state index >= 15 is 0 Å². The molecule has 0 radical (unpaired) electrons. The minimum absolute atomic E-state index is 0.343. The fourth-order valence-electron chi connectivity index (χ4n) is 2.34. The fourth-order valence-corrected chi connectivity index (χ4v) is 2.34. The van der Waals surface area contributed by atoms with Crippen molar-refractivity contribution in [2.24, 2.45) is 0 Å². The molecule has 0 saturated carbocycles. The van der Waals surface area contributed by atoms with Gasteiger partial charge in [-0.1, -0.05) is 0 Å². The second-order valence-electron chi connectivity index (χ2n) is 5.31. The molecule has 0 fully saturated rings. The normalized spacial score (nSPS) is 12.8. The van der Waals surface area contributed by atoms with Crippen molar-refractivity contribution in [1.29, 1.82) is 0 Å². The minimum atomic E-state index is 0.343. The maximum atomic E-state index is 4.48. The zero-order valence-electron chi connectivity index (χ0n) is 12.9. The predicted molar refractivity (Wildman–Crippen MR) is 80.6 cm³/mol. The first-order valence-corrected chi connectivity index (χ1v) is 7.37. The summed E-state index contributed by atoms with van der Waals surface area (Å²) in [4.78, 5) is 0. The van der Waals surface area contributed by atoms with Gasteiger partial charge in [0, 0.05) is 36.6 Å². The van der Waals surface area contributed by atoms with Gasteiger partial charge in [0.05, 0.1) is 11.9 Å². The Morgan fingerprint density at radius 2 is 2.15 bits per heavy atom. The zero-order chi connectivity index (χ0) is 14.5. The first-order chi connectivity index (χ1) is 9.60. The maximum absolute atomic E-state index is 4.48. The van der Waals surface area contributed by atoms with Crippen LogP contribution in [0, 0.1) is 13.8 Å². The third kappa shape index (κ3) is 3.70. The van der Waals surface area contributed by atoms with Gasteiger partial charge in [-0.3, -0.25) is 9.36 Å². The molecule has 110 valence electrons. The molecule has 5 nitrogen and oxygen atoms in total. The molecule has 0 aliphatic rings. The number of hydrogen-bond acceptors (Lipinski definition) is 3. The molecule has 0 aromatic carbocycles. The molecule has 0 amide bonds. The molecule has 1 N–H and O–H groups in total. The Kier molecular flexibility index (Phi) is 4.95. The number of nitrogens with one attached hydrogen (secondary N) is 1. The number of aryl methyl sites for hydroxylation is 4. The van der Waals surface area contributed by atoms with Gasteiger partial charge in [0.15, 0.2) is 0 Å². The van der Waals surface area contributed by atoms with Crippen molar-refractivity contribution >= 4 is 0 Å². The molecule has 5 heteroatoms. The van der Waals surface area contributed by atoms with Crippen molar-refractivity contribution in [3.05, 3.63) is 35.4 Å². The lowest BCUT2D eigenvalue weighted by molar-refractivity contribution is 0.500. The highest BCUT2D eigenvalue weighted by Gasteiger charge is 2.07. The standard InChI is InChI=1S/C15H25N5/c1-5-19-11-15(10-17-19)14(4)16-7-6-8-20-13(3)9-12(2)18-20/h9-11,14,16H,5-8H2,1-4H3. The van der Waals surface area contributed by atoms with Crippen molar-refractivity contribution in [2.45, 2.75) is 53.2 Å². The van der Waals surface area contributed by atoms with Gasteiger partial charge in [-0.25, -0.2) is 0 Å². The number of aromatic nitrogens is 4. The highest BCUT2D eigenvalue weighted by atomic mass is 15.3. The third-order valence-electron chi connectivity index (χ3n) is 3.58. The summed E-state index contributed by atoms with van der Waals surface area (Å²) in [5.41, 5.74) is 3.58. The van der Waals surface area contributed by atoms with E-state index in [-0.39, 0.29) is 0 Å². The monoisotopic (exact) mass is 275 g/mol. The Morgan fingerprint density at radius 1 is 1.35 bits per heavy atom. The van der Waals surface area contributed by atoms with Crippen LogP contribution in [-0.2, 0) is 13.1 Å². The molecule has 1 unspecified atom stereocenters. The molecule has 2 aromatic heterocycles. The van der Waals surface area contributed by atoms with Gasteiger partial charge >= 0.3 is 0 Å². The predicted octanol–water partition coefficient (Wildman–Crippen LogP) is 2.46. The Labute approximate surface area is 121 Å². The van der Waals surface area contributed by atoms with E-state index < -0.39 is 0 Å². The van der Waals surface area contributed by atoms with Crippen LogP contribution in [0.25, 0.3) is 0 Å². The van der Waals surface area contributed by atoms with E-state index in [9.17, 15) is 0 Å². The van der Waals surface area contributed by atoms with Crippen molar-refractivity contribution in [3.8, 4) is 0 Å². The molecule has 1 atom stereocenters. The van der Waals surface area contributed by atoms with E-state index in [1.54, 1.807) is 0 Å². The molecule has 0 saturated heterocycles. The Morgan fingerprint density at radius 3 is 2.75 bits per heavy atom. The van der Waals surface area contributed by atoms with Crippen LogP contribution in [0.3, 0.4) is 0 Å². The maximum Gasteiger partial charge on any atom is 0.0596 e. The van der Waals surface area contributed by atoms with Crippen molar-refractivity contribution in [3.63, 3.8) is 0 Å². The quantitative estimate of drug-likeness (QED) is 0.790. The van der Waals surface area contributed by atoms with Gasteiger partial charge in [0.25, 0.3) is 0 Å². The van der Waals surface area contributed by atoms with E-state index in [0.29, 0.717) is 6.04 Å². The van der Waals surface area contributed by atoms with Crippen LogP contribution in [0.5, 0.6) is 0 Å². The topological polar surface area (TPSA) is 47.7 Å². The van der Waals surface area contributed by atoms with Crippen molar-refractivity contribution < 1.29 is 0 Å². The molecular weight excluding hydrogens is 250 g/mol. The fraction of sp³-hybridized carbons (Fsp3) is 0.600. The lowest BCUT2D eigenvalue weighted by atomic mass is 10.2. The first kappa shape index (κ1) is 14.8. The lowest BCUT2D eigenvalue weighted by Crippen LogP contribution is -2.21. The lowest BCUT2D eigenvalue weighted by Gasteiger charge is -2.12. The summed E-state index contributed by atoms with van der Waals surface area (Å²) in [6, 6.07) is 2.46. The minimum Gasteiger partial charge on any atom is -0.310 e. The van der Waals surface area contributed by atoms with Gasteiger partial charge in [-0.15, -0.1) is 0 Å². The van der Waals surface area contributed by atoms with Crippen LogP contribution in [0.4, 0.5) is 0 Å². The number of nitrogens with zero attached hydrogens (tertiary/aromatic N) is 4. The zero-order valence-corrected chi connectivity index (χ0v) is 12.9. The summed E-state index contributed by atoms with van der Waals surface area (Å²) in [5, 5.41) is 12.3. The average Bonchev–Trinajstić information content (AvgIpc) is 3.01. The summed E-state index contributed by atoms with van der Waals surface area (Å²) in [5.74, 6) is 0. The van der Waals surface area contributed by atoms with Crippen LogP contribution in [-0.4, -0.2) is 26.1 Å². The van der Waals surface area contributed by atoms with Gasteiger partial charge in [-0.05, 0) is 46.7 Å². The molecule has 0 spiro atoms. The largest absolute Gasteiger partial charge is 0.310 e. The number of hydrogen-bond donors (Lipinski definition) is 1. The third-order valence-corrected chi connectivity index (χ3v) is 3.58.